The number of hydrogen-bond acceptors (Lipinski definition) is 2. The van der Waals surface area contributed by atoms with Crippen LogP contribution < -0.4 is 5.32 Å². The van der Waals surface area contributed by atoms with Crippen molar-refractivity contribution in [1.29, 1.82) is 0 Å². The Bertz CT molecular complexity index is 218. The lowest BCUT2D eigenvalue weighted by molar-refractivity contribution is -0.121. The van der Waals surface area contributed by atoms with Gasteiger partial charge in [0.05, 0.1) is 0 Å². The number of hydrogen-bond donors (Lipinski definition) is 1. The first-order chi connectivity index (χ1) is 6.09. The SMILES string of the molecule is CC(=O)N[C@@H]1CCC[C@H](C(=O)Cl)C1. The van der Waals surface area contributed by atoms with E-state index in [4.69, 9.17) is 11.6 Å². The van der Waals surface area contributed by atoms with E-state index in [-0.39, 0.29) is 23.1 Å². The molecule has 1 aliphatic carbocycles. The highest BCUT2D eigenvalue weighted by Crippen LogP contribution is 2.25. The van der Waals surface area contributed by atoms with Gasteiger partial charge in [0.2, 0.25) is 11.1 Å². The number of rotatable bonds is 2. The highest BCUT2D eigenvalue weighted by Gasteiger charge is 2.26. The first-order valence-corrected chi connectivity index (χ1v) is 4.94. The Morgan fingerprint density at radius 2 is 2.08 bits per heavy atom. The fraction of sp³-hybridized carbons (Fsp3) is 0.778. The summed E-state index contributed by atoms with van der Waals surface area (Å²) in [4.78, 5) is 21.6. The van der Waals surface area contributed by atoms with Gasteiger partial charge in [0.15, 0.2) is 0 Å². The van der Waals surface area contributed by atoms with Crippen LogP contribution in [0.5, 0.6) is 0 Å². The van der Waals surface area contributed by atoms with Crippen molar-refractivity contribution in [3.05, 3.63) is 0 Å². The molecule has 1 aliphatic rings. The van der Waals surface area contributed by atoms with E-state index in [0.717, 1.165) is 19.3 Å². The van der Waals surface area contributed by atoms with Crippen molar-refractivity contribution >= 4 is 22.8 Å². The lowest BCUT2D eigenvalue weighted by Gasteiger charge is -2.27. The molecule has 0 unspecified atom stereocenters. The monoisotopic (exact) mass is 203 g/mol. The van der Waals surface area contributed by atoms with Crippen molar-refractivity contribution in [3.8, 4) is 0 Å². The van der Waals surface area contributed by atoms with Crippen LogP contribution in [-0.4, -0.2) is 17.2 Å². The molecule has 0 aromatic carbocycles. The molecule has 3 nitrogen and oxygen atoms in total. The van der Waals surface area contributed by atoms with E-state index in [1.165, 1.54) is 6.92 Å². The Balaban J connectivity index is 2.41. The molecule has 1 N–H and O–H groups in total. The van der Waals surface area contributed by atoms with Crippen LogP contribution >= 0.6 is 11.6 Å². The lowest BCUT2D eigenvalue weighted by Crippen LogP contribution is -2.38. The molecule has 13 heavy (non-hydrogen) atoms. The van der Waals surface area contributed by atoms with Gasteiger partial charge in [-0.05, 0) is 30.9 Å². The first-order valence-electron chi connectivity index (χ1n) is 4.56. The molecular formula is C9H14ClNO2. The fourth-order valence-electron chi connectivity index (χ4n) is 1.81. The Hall–Kier alpha value is -0.570. The van der Waals surface area contributed by atoms with Crippen molar-refractivity contribution in [2.24, 2.45) is 5.92 Å². The molecule has 4 heteroatoms. The van der Waals surface area contributed by atoms with Crippen LogP contribution in [0.3, 0.4) is 0 Å². The van der Waals surface area contributed by atoms with Gasteiger partial charge in [-0.25, -0.2) is 0 Å². The summed E-state index contributed by atoms with van der Waals surface area (Å²) in [6, 6.07) is 0.138. The molecule has 2 atom stereocenters. The van der Waals surface area contributed by atoms with Gasteiger partial charge in [0, 0.05) is 18.9 Å². The van der Waals surface area contributed by atoms with Crippen LogP contribution in [0.25, 0.3) is 0 Å². The van der Waals surface area contributed by atoms with Gasteiger partial charge in [-0.3, -0.25) is 9.59 Å². The summed E-state index contributed by atoms with van der Waals surface area (Å²) < 4.78 is 0. The minimum atomic E-state index is -0.268. The van der Waals surface area contributed by atoms with Crippen LogP contribution in [0, 0.1) is 5.92 Å². The zero-order valence-electron chi connectivity index (χ0n) is 7.68. The average Bonchev–Trinajstić information content (AvgIpc) is 2.03. The summed E-state index contributed by atoms with van der Waals surface area (Å²) in [6.45, 7) is 1.49. The summed E-state index contributed by atoms with van der Waals surface area (Å²) in [5.74, 6) is -0.0973. The molecule has 0 aliphatic heterocycles. The molecule has 0 radical (unpaired) electrons. The number of nitrogens with one attached hydrogen (secondary N) is 1. The Labute approximate surface area is 82.8 Å². The molecule has 1 amide bonds. The quantitative estimate of drug-likeness (QED) is 0.691. The normalized spacial score (nSPS) is 28.2. The second-order valence-electron chi connectivity index (χ2n) is 3.57. The zero-order chi connectivity index (χ0) is 9.84. The zero-order valence-corrected chi connectivity index (χ0v) is 8.43. The van der Waals surface area contributed by atoms with Gasteiger partial charge in [0.25, 0.3) is 0 Å². The van der Waals surface area contributed by atoms with E-state index in [1.54, 1.807) is 0 Å². The number of carbonyl (C=O) groups excluding carboxylic acids is 2. The highest BCUT2D eigenvalue weighted by atomic mass is 35.5. The van der Waals surface area contributed by atoms with Crippen LogP contribution in [0.15, 0.2) is 0 Å². The molecule has 0 spiro atoms. The molecule has 0 bridgehead atoms. The van der Waals surface area contributed by atoms with Crippen LogP contribution in [0.1, 0.15) is 32.6 Å². The topological polar surface area (TPSA) is 46.2 Å². The summed E-state index contributed by atoms with van der Waals surface area (Å²) in [5.41, 5.74) is 0. The van der Waals surface area contributed by atoms with Crippen LogP contribution in [0.4, 0.5) is 0 Å². The van der Waals surface area contributed by atoms with Gasteiger partial charge in [-0.2, -0.15) is 0 Å². The van der Waals surface area contributed by atoms with Crippen molar-refractivity contribution in [3.63, 3.8) is 0 Å². The number of amides is 1. The van der Waals surface area contributed by atoms with Gasteiger partial charge in [0.1, 0.15) is 0 Å². The largest absolute Gasteiger partial charge is 0.354 e. The lowest BCUT2D eigenvalue weighted by atomic mass is 9.86. The third-order valence-corrected chi connectivity index (χ3v) is 2.71. The second kappa shape index (κ2) is 4.61. The fourth-order valence-corrected chi connectivity index (χ4v) is 2.01. The first kappa shape index (κ1) is 10.5. The number of carbonyl (C=O) groups is 2. The molecule has 0 heterocycles. The Kier molecular flexibility index (Phi) is 3.72. The minimum Gasteiger partial charge on any atom is -0.354 e. The Morgan fingerprint density at radius 3 is 2.62 bits per heavy atom. The summed E-state index contributed by atoms with van der Waals surface area (Å²) in [6.07, 6.45) is 3.48. The van der Waals surface area contributed by atoms with E-state index >= 15 is 0 Å². The van der Waals surface area contributed by atoms with Gasteiger partial charge < -0.3 is 5.32 Å². The van der Waals surface area contributed by atoms with Crippen LogP contribution in [-0.2, 0) is 9.59 Å². The van der Waals surface area contributed by atoms with Crippen LogP contribution in [0.2, 0.25) is 0 Å². The third kappa shape index (κ3) is 3.35. The van der Waals surface area contributed by atoms with E-state index in [1.807, 2.05) is 0 Å². The number of halogens is 1. The third-order valence-electron chi connectivity index (χ3n) is 2.40. The minimum absolute atomic E-state index is 0.0346. The maximum Gasteiger partial charge on any atom is 0.224 e. The van der Waals surface area contributed by atoms with Crippen molar-refractivity contribution in [2.75, 3.05) is 0 Å². The standard InChI is InChI=1S/C9H14ClNO2/c1-6(12)11-8-4-2-3-7(5-8)9(10)13/h7-8H,2-5H2,1H3,(H,11,12)/t7-,8+/m0/s1. The van der Waals surface area contributed by atoms with Gasteiger partial charge in [-0.15, -0.1) is 0 Å². The summed E-state index contributed by atoms with van der Waals surface area (Å²) >= 11 is 5.41. The Morgan fingerprint density at radius 1 is 1.38 bits per heavy atom. The van der Waals surface area contributed by atoms with Crippen molar-refractivity contribution in [1.82, 2.24) is 5.32 Å². The van der Waals surface area contributed by atoms with E-state index in [0.29, 0.717) is 6.42 Å². The van der Waals surface area contributed by atoms with Crippen molar-refractivity contribution < 1.29 is 9.59 Å². The summed E-state index contributed by atoms with van der Waals surface area (Å²) in [5, 5.41) is 2.55. The smallest absolute Gasteiger partial charge is 0.224 e. The molecule has 1 rings (SSSR count). The summed E-state index contributed by atoms with van der Waals surface area (Å²) in [7, 11) is 0. The van der Waals surface area contributed by atoms with Gasteiger partial charge >= 0.3 is 0 Å². The maximum absolute atomic E-state index is 10.9. The molecule has 74 valence electrons. The van der Waals surface area contributed by atoms with E-state index in [2.05, 4.69) is 5.32 Å². The predicted octanol–water partition coefficient (Wildman–Crippen LogP) is 1.45. The van der Waals surface area contributed by atoms with Crippen molar-refractivity contribution in [2.45, 2.75) is 38.6 Å². The molecule has 0 saturated heterocycles. The second-order valence-corrected chi connectivity index (χ2v) is 3.94. The molecule has 1 saturated carbocycles. The average molecular weight is 204 g/mol. The molecule has 0 aromatic rings. The predicted molar refractivity (Wildman–Crippen MR) is 50.4 cm³/mol. The van der Waals surface area contributed by atoms with E-state index in [9.17, 15) is 9.59 Å². The molecular weight excluding hydrogens is 190 g/mol. The maximum atomic E-state index is 10.9. The molecule has 0 aromatic heterocycles. The highest BCUT2D eigenvalue weighted by molar-refractivity contribution is 6.63. The van der Waals surface area contributed by atoms with Gasteiger partial charge in [-0.1, -0.05) is 6.42 Å². The molecule has 1 fully saturated rings. The van der Waals surface area contributed by atoms with E-state index < -0.39 is 0 Å².